The maximum atomic E-state index is 11.5. The third-order valence-electron chi connectivity index (χ3n) is 1.87. The van der Waals surface area contributed by atoms with Gasteiger partial charge < -0.3 is 9.47 Å². The molecule has 0 aromatic heterocycles. The molecule has 1 rings (SSSR count). The van der Waals surface area contributed by atoms with Gasteiger partial charge in [-0.25, -0.2) is 0 Å². The summed E-state index contributed by atoms with van der Waals surface area (Å²) in [6, 6.07) is 0. The Kier molecular flexibility index (Phi) is 2.83. The van der Waals surface area contributed by atoms with Crippen LogP contribution in [0.15, 0.2) is 0 Å². The first-order valence-electron chi connectivity index (χ1n) is 5.24. The van der Waals surface area contributed by atoms with Crippen molar-refractivity contribution < 1.29 is 15.6 Å². The van der Waals surface area contributed by atoms with Crippen LogP contribution >= 0.6 is 0 Å². The first-order valence-corrected chi connectivity index (χ1v) is 4.66. The summed E-state index contributed by atoms with van der Waals surface area (Å²) in [7, 11) is 0. The molecule has 0 radical (unpaired) electrons. The van der Waals surface area contributed by atoms with Crippen molar-refractivity contribution in [1.29, 1.82) is 0 Å². The molecule has 0 saturated carbocycles. The zero-order chi connectivity index (χ0) is 10.8. The lowest BCUT2D eigenvalue weighted by molar-refractivity contribution is -0.164. The second-order valence-electron chi connectivity index (χ2n) is 4.34. The van der Waals surface area contributed by atoms with E-state index in [4.69, 9.17) is 10.8 Å². The lowest BCUT2D eigenvalue weighted by atomic mass is 9.97. The molecule has 1 aliphatic rings. The van der Waals surface area contributed by atoms with Crippen molar-refractivity contribution in [2.75, 3.05) is 13.2 Å². The van der Waals surface area contributed by atoms with Crippen LogP contribution in [0, 0.1) is 5.41 Å². The minimum atomic E-state index is -0.713. The van der Waals surface area contributed by atoms with E-state index >= 15 is 0 Å². The van der Waals surface area contributed by atoms with Gasteiger partial charge in [0.2, 0.25) is 0 Å². The number of esters is 1. The molecule has 0 bridgehead atoms. The Morgan fingerprint density at radius 1 is 1.62 bits per heavy atom. The summed E-state index contributed by atoms with van der Waals surface area (Å²) in [5.41, 5.74) is -0.503. The predicted octanol–water partition coefficient (Wildman–Crippen LogP) is 1.75. The normalized spacial score (nSPS) is 30.8. The molecule has 0 N–H and O–H groups in total. The van der Waals surface area contributed by atoms with Gasteiger partial charge >= 0.3 is 5.97 Å². The van der Waals surface area contributed by atoms with E-state index in [1.54, 1.807) is 20.8 Å². The standard InChI is InChI=1S/C10H18O3/c1-10(2,3)9(11)13-8-5-4-6-12-7-8/h8H,4-7H2,1-3H3/i7D. The Morgan fingerprint density at radius 2 is 2.31 bits per heavy atom. The minimum Gasteiger partial charge on any atom is -0.460 e. The van der Waals surface area contributed by atoms with Gasteiger partial charge in [-0.15, -0.1) is 0 Å². The number of carbonyl (C=O) groups is 1. The fourth-order valence-electron chi connectivity index (χ4n) is 1.01. The molecule has 1 fully saturated rings. The van der Waals surface area contributed by atoms with Crippen molar-refractivity contribution in [3.05, 3.63) is 0 Å². The number of hydrogen-bond donors (Lipinski definition) is 0. The molecular formula is C10H18O3. The van der Waals surface area contributed by atoms with Crippen LogP contribution in [0.1, 0.15) is 35.0 Å². The highest BCUT2D eigenvalue weighted by Crippen LogP contribution is 2.19. The summed E-state index contributed by atoms with van der Waals surface area (Å²) in [4.78, 5) is 11.5. The molecule has 2 unspecified atom stereocenters. The molecule has 0 aliphatic carbocycles. The summed E-state index contributed by atoms with van der Waals surface area (Å²) >= 11 is 0. The van der Waals surface area contributed by atoms with Crippen LogP contribution in [0.25, 0.3) is 0 Å². The van der Waals surface area contributed by atoms with Crippen molar-refractivity contribution in [1.82, 2.24) is 0 Å². The quantitative estimate of drug-likeness (QED) is 0.587. The molecule has 2 atom stereocenters. The van der Waals surface area contributed by atoms with E-state index < -0.39 is 18.1 Å². The highest BCUT2D eigenvalue weighted by Gasteiger charge is 2.27. The zero-order valence-corrected chi connectivity index (χ0v) is 8.50. The maximum Gasteiger partial charge on any atom is 0.311 e. The Bertz CT molecular complexity index is 210. The lowest BCUT2D eigenvalue weighted by Crippen LogP contribution is -2.33. The van der Waals surface area contributed by atoms with E-state index in [2.05, 4.69) is 0 Å². The average molecular weight is 187 g/mol. The molecule has 1 saturated heterocycles. The second kappa shape index (κ2) is 4.09. The first-order chi connectivity index (χ1) is 6.41. The summed E-state index contributed by atoms with van der Waals surface area (Å²) in [5.74, 6) is -0.259. The van der Waals surface area contributed by atoms with Crippen LogP contribution in [0.3, 0.4) is 0 Å². The summed E-state index contributed by atoms with van der Waals surface area (Å²) < 4.78 is 17.8. The van der Waals surface area contributed by atoms with Gasteiger partial charge in [-0.05, 0) is 33.6 Å². The molecular weight excluding hydrogens is 168 g/mol. The smallest absolute Gasteiger partial charge is 0.311 e. The largest absolute Gasteiger partial charge is 0.460 e. The molecule has 0 aromatic carbocycles. The van der Waals surface area contributed by atoms with Gasteiger partial charge in [-0.1, -0.05) is 0 Å². The fourth-order valence-corrected chi connectivity index (χ4v) is 1.01. The second-order valence-corrected chi connectivity index (χ2v) is 4.34. The van der Waals surface area contributed by atoms with Gasteiger partial charge in [0, 0.05) is 6.61 Å². The van der Waals surface area contributed by atoms with Crippen molar-refractivity contribution in [3.8, 4) is 0 Å². The summed E-state index contributed by atoms with van der Waals surface area (Å²) in [6.45, 7) is 5.29. The number of ether oxygens (including phenoxy) is 2. The van der Waals surface area contributed by atoms with Crippen LogP contribution in [-0.2, 0) is 14.3 Å². The van der Waals surface area contributed by atoms with E-state index in [1.807, 2.05) is 0 Å². The van der Waals surface area contributed by atoms with Gasteiger partial charge in [0.1, 0.15) is 6.10 Å². The molecule has 13 heavy (non-hydrogen) atoms. The van der Waals surface area contributed by atoms with Crippen LogP contribution in [0.2, 0.25) is 0 Å². The Hall–Kier alpha value is -0.570. The van der Waals surface area contributed by atoms with Crippen molar-refractivity contribution in [3.63, 3.8) is 0 Å². The molecule has 1 heterocycles. The Labute approximate surface area is 80.8 Å². The third kappa shape index (κ3) is 3.35. The van der Waals surface area contributed by atoms with Crippen LogP contribution < -0.4 is 0 Å². The maximum absolute atomic E-state index is 11.5. The molecule has 76 valence electrons. The van der Waals surface area contributed by atoms with E-state index in [1.165, 1.54) is 0 Å². The fraction of sp³-hybridized carbons (Fsp3) is 0.900. The Morgan fingerprint density at radius 3 is 2.85 bits per heavy atom. The monoisotopic (exact) mass is 187 g/mol. The van der Waals surface area contributed by atoms with Gasteiger partial charge in [0.05, 0.1) is 13.4 Å². The lowest BCUT2D eigenvalue weighted by Gasteiger charge is -2.25. The topological polar surface area (TPSA) is 35.5 Å². The van der Waals surface area contributed by atoms with Crippen LogP contribution in [0.5, 0.6) is 0 Å². The van der Waals surface area contributed by atoms with E-state index in [0.717, 1.165) is 12.8 Å². The summed E-state index contributed by atoms with van der Waals surface area (Å²) in [5, 5.41) is 0. The van der Waals surface area contributed by atoms with E-state index in [0.29, 0.717) is 6.61 Å². The number of carbonyl (C=O) groups excluding carboxylic acids is 1. The average Bonchev–Trinajstić information content (AvgIpc) is 2.07. The zero-order valence-electron chi connectivity index (χ0n) is 9.50. The molecule has 0 amide bonds. The van der Waals surface area contributed by atoms with E-state index in [-0.39, 0.29) is 5.97 Å². The van der Waals surface area contributed by atoms with Crippen molar-refractivity contribution in [2.24, 2.45) is 5.41 Å². The third-order valence-corrected chi connectivity index (χ3v) is 1.87. The van der Waals surface area contributed by atoms with Gasteiger partial charge in [-0.2, -0.15) is 0 Å². The molecule has 3 nitrogen and oxygen atoms in total. The number of hydrogen-bond acceptors (Lipinski definition) is 3. The van der Waals surface area contributed by atoms with E-state index in [9.17, 15) is 4.79 Å². The van der Waals surface area contributed by atoms with Crippen LogP contribution in [-0.4, -0.2) is 25.3 Å². The summed E-state index contributed by atoms with van der Waals surface area (Å²) in [6.07, 6.45) is 1.20. The SMILES string of the molecule is [2H]C1OCCCC1OC(=O)C(C)(C)C. The Balaban J connectivity index is 2.46. The molecule has 1 aliphatic heterocycles. The molecule has 0 aromatic rings. The first kappa shape index (κ1) is 9.00. The highest BCUT2D eigenvalue weighted by atomic mass is 16.6. The van der Waals surface area contributed by atoms with Crippen molar-refractivity contribution in [2.45, 2.75) is 39.7 Å². The minimum absolute atomic E-state index is 0.259. The molecule has 0 spiro atoms. The van der Waals surface area contributed by atoms with Gasteiger partial charge in [0.25, 0.3) is 0 Å². The van der Waals surface area contributed by atoms with Crippen molar-refractivity contribution >= 4 is 5.97 Å². The van der Waals surface area contributed by atoms with Crippen LogP contribution in [0.4, 0.5) is 0 Å². The predicted molar refractivity (Wildman–Crippen MR) is 49.4 cm³/mol. The molecule has 3 heteroatoms. The highest BCUT2D eigenvalue weighted by molar-refractivity contribution is 5.75. The van der Waals surface area contributed by atoms with Gasteiger partial charge in [0.15, 0.2) is 0 Å². The number of rotatable bonds is 1. The van der Waals surface area contributed by atoms with Gasteiger partial charge in [-0.3, -0.25) is 4.79 Å².